The molecule has 0 radical (unpaired) electrons. The molecule has 5 nitrogen and oxygen atoms in total. The number of anilines is 1. The first-order valence-electron chi connectivity index (χ1n) is 6.75. The maximum atomic E-state index is 12.6. The summed E-state index contributed by atoms with van der Waals surface area (Å²) in [5.41, 5.74) is 3.66. The van der Waals surface area contributed by atoms with Gasteiger partial charge in [-0.25, -0.2) is 0 Å². The molecule has 0 bridgehead atoms. The second-order valence-corrected chi connectivity index (χ2v) is 5.75. The van der Waals surface area contributed by atoms with Crippen molar-refractivity contribution in [1.29, 1.82) is 0 Å². The lowest BCUT2D eigenvalue weighted by Crippen LogP contribution is -2.47. The van der Waals surface area contributed by atoms with Crippen LogP contribution in [0, 0.1) is 0 Å². The van der Waals surface area contributed by atoms with Gasteiger partial charge in [0.15, 0.2) is 0 Å². The molecule has 1 atom stereocenters. The molecule has 1 heterocycles. The van der Waals surface area contributed by atoms with Gasteiger partial charge in [0, 0.05) is 24.7 Å². The Morgan fingerprint density at radius 3 is 2.95 bits per heavy atom. The van der Waals surface area contributed by atoms with E-state index in [4.69, 9.17) is 17.4 Å². The number of hydrazine groups is 1. The fraction of sp³-hybridized carbons (Fsp3) is 0.500. The summed E-state index contributed by atoms with van der Waals surface area (Å²) in [6.45, 7) is 1.99. The Morgan fingerprint density at radius 1 is 1.55 bits per heavy atom. The SMILES string of the molecule is CN1CCCC(N(C)C(=O)c2cc(Cl)ccc2NN)C1. The summed E-state index contributed by atoms with van der Waals surface area (Å²) in [6, 6.07) is 5.31. The molecular weight excluding hydrogens is 276 g/mol. The molecule has 1 fully saturated rings. The van der Waals surface area contributed by atoms with E-state index in [9.17, 15) is 4.79 Å². The third kappa shape index (κ3) is 3.23. The zero-order valence-corrected chi connectivity index (χ0v) is 12.7. The maximum Gasteiger partial charge on any atom is 0.256 e. The second-order valence-electron chi connectivity index (χ2n) is 5.31. The van der Waals surface area contributed by atoms with E-state index in [0.717, 1.165) is 25.9 Å². The zero-order chi connectivity index (χ0) is 14.7. The van der Waals surface area contributed by atoms with E-state index in [1.807, 2.05) is 7.05 Å². The van der Waals surface area contributed by atoms with E-state index >= 15 is 0 Å². The number of benzene rings is 1. The third-order valence-electron chi connectivity index (χ3n) is 3.84. The number of nitrogens with two attached hydrogens (primary N) is 1. The minimum Gasteiger partial charge on any atom is -0.337 e. The largest absolute Gasteiger partial charge is 0.337 e. The van der Waals surface area contributed by atoms with Gasteiger partial charge >= 0.3 is 0 Å². The molecule has 1 saturated heterocycles. The Kier molecular flexibility index (Phi) is 4.86. The Balaban J connectivity index is 2.19. The standard InChI is InChI=1S/C14H21ClN4O/c1-18-7-3-4-11(9-18)19(2)14(20)12-8-10(15)5-6-13(12)17-16/h5-6,8,11,17H,3-4,7,9,16H2,1-2H3. The number of nitrogens with one attached hydrogen (secondary N) is 1. The number of carbonyl (C=O) groups excluding carboxylic acids is 1. The first-order chi connectivity index (χ1) is 9.52. The van der Waals surface area contributed by atoms with Gasteiger partial charge in [-0.05, 0) is 44.6 Å². The fourth-order valence-corrected chi connectivity index (χ4v) is 2.80. The number of halogens is 1. The average Bonchev–Trinajstić information content (AvgIpc) is 2.45. The Labute approximate surface area is 124 Å². The van der Waals surface area contributed by atoms with Crippen LogP contribution < -0.4 is 11.3 Å². The van der Waals surface area contributed by atoms with Crippen LogP contribution in [0.2, 0.25) is 5.02 Å². The Bertz CT molecular complexity index is 494. The van der Waals surface area contributed by atoms with Crippen LogP contribution in [0.4, 0.5) is 5.69 Å². The van der Waals surface area contributed by atoms with Gasteiger partial charge in [-0.2, -0.15) is 0 Å². The Morgan fingerprint density at radius 2 is 2.30 bits per heavy atom. The number of likely N-dealkylation sites (tertiary alicyclic amines) is 1. The van der Waals surface area contributed by atoms with Gasteiger partial charge < -0.3 is 15.2 Å². The number of nitrogens with zero attached hydrogens (tertiary/aromatic N) is 2. The van der Waals surface area contributed by atoms with Crippen molar-refractivity contribution in [1.82, 2.24) is 9.80 Å². The minimum absolute atomic E-state index is 0.0549. The molecule has 0 aromatic heterocycles. The summed E-state index contributed by atoms with van der Waals surface area (Å²) < 4.78 is 0. The lowest BCUT2D eigenvalue weighted by Gasteiger charge is -2.36. The number of nitrogen functional groups attached to an aromatic ring is 1. The predicted molar refractivity (Wildman–Crippen MR) is 81.9 cm³/mol. The number of likely N-dealkylation sites (N-methyl/N-ethyl adjacent to an activating group) is 2. The van der Waals surface area contributed by atoms with E-state index in [-0.39, 0.29) is 11.9 Å². The molecule has 1 amide bonds. The molecule has 0 aliphatic carbocycles. The van der Waals surface area contributed by atoms with Gasteiger partial charge in [0.2, 0.25) is 0 Å². The first-order valence-corrected chi connectivity index (χ1v) is 7.12. The summed E-state index contributed by atoms with van der Waals surface area (Å²) in [7, 11) is 3.92. The van der Waals surface area contributed by atoms with Crippen molar-refractivity contribution < 1.29 is 4.79 Å². The predicted octanol–water partition coefficient (Wildman–Crippen LogP) is 1.79. The summed E-state index contributed by atoms with van der Waals surface area (Å²) in [6.07, 6.45) is 2.13. The molecule has 20 heavy (non-hydrogen) atoms. The van der Waals surface area contributed by atoms with Crippen LogP contribution in [0.1, 0.15) is 23.2 Å². The summed E-state index contributed by atoms with van der Waals surface area (Å²) in [4.78, 5) is 16.7. The highest BCUT2D eigenvalue weighted by Gasteiger charge is 2.26. The molecule has 0 spiro atoms. The average molecular weight is 297 g/mol. The monoisotopic (exact) mass is 296 g/mol. The normalized spacial score (nSPS) is 19.7. The van der Waals surface area contributed by atoms with Gasteiger partial charge in [0.1, 0.15) is 0 Å². The van der Waals surface area contributed by atoms with Crippen molar-refractivity contribution in [3.05, 3.63) is 28.8 Å². The van der Waals surface area contributed by atoms with Crippen LogP contribution in [0.15, 0.2) is 18.2 Å². The summed E-state index contributed by atoms with van der Waals surface area (Å²) in [5.74, 6) is 5.41. The molecule has 1 aromatic carbocycles. The molecule has 2 rings (SSSR count). The van der Waals surface area contributed by atoms with Gasteiger partial charge in [0.25, 0.3) is 5.91 Å². The van der Waals surface area contributed by atoms with Gasteiger partial charge in [-0.1, -0.05) is 11.6 Å². The third-order valence-corrected chi connectivity index (χ3v) is 4.07. The van der Waals surface area contributed by atoms with E-state index < -0.39 is 0 Å². The number of hydrogen-bond acceptors (Lipinski definition) is 4. The smallest absolute Gasteiger partial charge is 0.256 e. The number of hydrogen-bond donors (Lipinski definition) is 2. The molecule has 1 unspecified atom stereocenters. The molecule has 6 heteroatoms. The number of rotatable bonds is 3. The molecule has 1 aliphatic rings. The molecule has 0 saturated carbocycles. The molecular formula is C14H21ClN4O. The van der Waals surface area contributed by atoms with Gasteiger partial charge in [-0.3, -0.25) is 10.6 Å². The lowest BCUT2D eigenvalue weighted by atomic mass is 10.0. The van der Waals surface area contributed by atoms with Crippen LogP contribution in [-0.2, 0) is 0 Å². The van der Waals surface area contributed by atoms with Gasteiger partial charge in [-0.15, -0.1) is 0 Å². The van der Waals surface area contributed by atoms with Crippen molar-refractivity contribution in [2.24, 2.45) is 5.84 Å². The first kappa shape index (κ1) is 15.1. The lowest BCUT2D eigenvalue weighted by molar-refractivity contribution is 0.0645. The molecule has 1 aromatic rings. The van der Waals surface area contributed by atoms with Crippen molar-refractivity contribution in [3.63, 3.8) is 0 Å². The van der Waals surface area contributed by atoms with E-state index in [2.05, 4.69) is 17.4 Å². The van der Waals surface area contributed by atoms with E-state index in [1.165, 1.54) is 0 Å². The number of amides is 1. The van der Waals surface area contributed by atoms with Crippen molar-refractivity contribution in [2.75, 3.05) is 32.6 Å². The summed E-state index contributed by atoms with van der Waals surface area (Å²) in [5, 5.41) is 0.529. The minimum atomic E-state index is -0.0549. The van der Waals surface area contributed by atoms with Crippen LogP contribution in [-0.4, -0.2) is 48.9 Å². The van der Waals surface area contributed by atoms with E-state index in [0.29, 0.717) is 16.3 Å². The van der Waals surface area contributed by atoms with Crippen LogP contribution in [0.3, 0.4) is 0 Å². The molecule has 3 N–H and O–H groups in total. The number of carbonyl (C=O) groups is 1. The topological polar surface area (TPSA) is 61.6 Å². The van der Waals surface area contributed by atoms with Crippen molar-refractivity contribution in [2.45, 2.75) is 18.9 Å². The highest BCUT2D eigenvalue weighted by atomic mass is 35.5. The van der Waals surface area contributed by atoms with Crippen LogP contribution in [0.25, 0.3) is 0 Å². The van der Waals surface area contributed by atoms with E-state index in [1.54, 1.807) is 23.1 Å². The van der Waals surface area contributed by atoms with Crippen molar-refractivity contribution >= 4 is 23.2 Å². The zero-order valence-electron chi connectivity index (χ0n) is 11.9. The number of piperidine rings is 1. The van der Waals surface area contributed by atoms with Crippen molar-refractivity contribution in [3.8, 4) is 0 Å². The summed E-state index contributed by atoms with van der Waals surface area (Å²) >= 11 is 5.98. The highest BCUT2D eigenvalue weighted by Crippen LogP contribution is 2.23. The highest BCUT2D eigenvalue weighted by molar-refractivity contribution is 6.31. The van der Waals surface area contributed by atoms with Crippen LogP contribution in [0.5, 0.6) is 0 Å². The van der Waals surface area contributed by atoms with Crippen LogP contribution >= 0.6 is 11.6 Å². The quantitative estimate of drug-likeness (QED) is 0.659. The second kappa shape index (κ2) is 6.43. The molecule has 110 valence electrons. The fourth-order valence-electron chi connectivity index (χ4n) is 2.63. The van der Waals surface area contributed by atoms with Gasteiger partial charge in [0.05, 0.1) is 11.3 Å². The maximum absolute atomic E-state index is 12.6. The molecule has 1 aliphatic heterocycles. The Hall–Kier alpha value is -1.30.